The predicted octanol–water partition coefficient (Wildman–Crippen LogP) is 3.84. The number of urea groups is 1. The van der Waals surface area contributed by atoms with E-state index in [1.807, 2.05) is 30.3 Å². The first kappa shape index (κ1) is 21.8. The first-order valence-corrected chi connectivity index (χ1v) is 10.2. The lowest BCUT2D eigenvalue weighted by molar-refractivity contribution is -0.115. The van der Waals surface area contributed by atoms with Crippen LogP contribution >= 0.6 is 0 Å². The predicted molar refractivity (Wildman–Crippen MR) is 126 cm³/mol. The smallest absolute Gasteiger partial charge is 0.337 e. The molecule has 0 radical (unpaired) electrons. The van der Waals surface area contributed by atoms with E-state index in [9.17, 15) is 14.4 Å². The maximum absolute atomic E-state index is 13.0. The molecule has 0 saturated heterocycles. The molecule has 1 heterocycles. The van der Waals surface area contributed by atoms with Gasteiger partial charge in [0.15, 0.2) is 0 Å². The van der Waals surface area contributed by atoms with Crippen LogP contribution in [0.5, 0.6) is 0 Å². The number of anilines is 2. The third kappa shape index (κ3) is 4.31. The maximum atomic E-state index is 13.0. The molecule has 4 rings (SSSR count). The van der Waals surface area contributed by atoms with Crippen molar-refractivity contribution in [3.05, 3.63) is 89.5 Å². The minimum atomic E-state index is -0.665. The Balaban J connectivity index is 1.78. The SMILES string of the molecule is COC(=O)c1ccc2c(c1)NC(=O)C2C(=Nc1ccc(N(C)C(N)=O)cc1)c1ccccc1. The summed E-state index contributed by atoms with van der Waals surface area (Å²) in [6.07, 6.45) is 0. The highest BCUT2D eigenvalue weighted by Crippen LogP contribution is 2.37. The van der Waals surface area contributed by atoms with Crippen LogP contribution in [0.25, 0.3) is 0 Å². The fraction of sp³-hybridized carbons (Fsp3) is 0.120. The molecule has 0 saturated carbocycles. The number of hydrogen-bond acceptors (Lipinski definition) is 5. The first-order chi connectivity index (χ1) is 15.9. The topological polar surface area (TPSA) is 114 Å². The molecule has 3 aromatic rings. The Labute approximate surface area is 190 Å². The molecule has 3 N–H and O–H groups in total. The monoisotopic (exact) mass is 442 g/mol. The summed E-state index contributed by atoms with van der Waals surface area (Å²) in [5.41, 5.74) is 9.55. The van der Waals surface area contributed by atoms with E-state index in [0.29, 0.717) is 28.3 Å². The number of nitrogens with one attached hydrogen (secondary N) is 1. The molecule has 1 aliphatic heterocycles. The molecule has 0 aromatic heterocycles. The molecule has 0 fully saturated rings. The highest BCUT2D eigenvalue weighted by Gasteiger charge is 2.36. The van der Waals surface area contributed by atoms with Gasteiger partial charge in [-0.25, -0.2) is 9.59 Å². The summed E-state index contributed by atoms with van der Waals surface area (Å²) in [6, 6.07) is 20.8. The van der Waals surface area contributed by atoms with Gasteiger partial charge in [0, 0.05) is 18.4 Å². The number of ether oxygens (including phenoxy) is 1. The standard InChI is InChI=1S/C25H22N4O4/c1-29(25(26)32)18-11-9-17(10-12-18)27-22(15-6-4-3-5-7-15)21-19-13-8-16(24(31)33-2)14-20(19)28-23(21)30/h3-14,21H,1-2H3,(H2,26,32)(H,28,30). The average Bonchev–Trinajstić information content (AvgIpc) is 3.17. The van der Waals surface area contributed by atoms with Crippen molar-refractivity contribution in [3.8, 4) is 0 Å². The fourth-order valence-electron chi connectivity index (χ4n) is 3.70. The van der Waals surface area contributed by atoms with Crippen LogP contribution in [0.4, 0.5) is 21.9 Å². The van der Waals surface area contributed by atoms with Gasteiger partial charge in [0.05, 0.1) is 24.1 Å². The Morgan fingerprint density at radius 1 is 1.00 bits per heavy atom. The van der Waals surface area contributed by atoms with Gasteiger partial charge < -0.3 is 15.8 Å². The van der Waals surface area contributed by atoms with Crippen LogP contribution in [-0.4, -0.2) is 37.8 Å². The van der Waals surface area contributed by atoms with E-state index in [4.69, 9.17) is 15.5 Å². The van der Waals surface area contributed by atoms with Gasteiger partial charge in [-0.05, 0) is 47.5 Å². The van der Waals surface area contributed by atoms with E-state index < -0.39 is 17.9 Å². The van der Waals surface area contributed by atoms with Gasteiger partial charge in [-0.15, -0.1) is 0 Å². The number of nitrogens with two attached hydrogens (primary N) is 1. The second-order valence-electron chi connectivity index (χ2n) is 7.49. The molecule has 0 spiro atoms. The number of rotatable bonds is 5. The van der Waals surface area contributed by atoms with E-state index in [1.165, 1.54) is 12.0 Å². The second-order valence-corrected chi connectivity index (χ2v) is 7.49. The first-order valence-electron chi connectivity index (χ1n) is 10.2. The Morgan fingerprint density at radius 3 is 2.33 bits per heavy atom. The highest BCUT2D eigenvalue weighted by atomic mass is 16.5. The van der Waals surface area contributed by atoms with E-state index in [0.717, 1.165) is 11.1 Å². The summed E-state index contributed by atoms with van der Waals surface area (Å²) in [5.74, 6) is -1.38. The number of carbonyl (C=O) groups excluding carboxylic acids is 3. The van der Waals surface area contributed by atoms with Gasteiger partial charge in [-0.2, -0.15) is 0 Å². The summed E-state index contributed by atoms with van der Waals surface area (Å²) in [6.45, 7) is 0. The Morgan fingerprint density at radius 2 is 1.70 bits per heavy atom. The van der Waals surface area contributed by atoms with Crippen LogP contribution in [0.15, 0.2) is 77.8 Å². The third-order valence-electron chi connectivity index (χ3n) is 5.47. The van der Waals surface area contributed by atoms with Crippen molar-refractivity contribution >= 4 is 40.7 Å². The van der Waals surface area contributed by atoms with Crippen molar-refractivity contribution in [1.29, 1.82) is 0 Å². The minimum Gasteiger partial charge on any atom is -0.465 e. The number of hydrogen-bond donors (Lipinski definition) is 2. The molecule has 1 unspecified atom stereocenters. The minimum absolute atomic E-state index is 0.236. The third-order valence-corrected chi connectivity index (χ3v) is 5.47. The zero-order chi connectivity index (χ0) is 23.5. The summed E-state index contributed by atoms with van der Waals surface area (Å²) in [5, 5.41) is 2.85. The number of nitrogens with zero attached hydrogens (tertiary/aromatic N) is 2. The lowest BCUT2D eigenvalue weighted by atomic mass is 9.90. The van der Waals surface area contributed by atoms with Crippen molar-refractivity contribution in [2.75, 3.05) is 24.4 Å². The number of fused-ring (bicyclic) bond motifs is 1. The molecule has 0 aliphatic carbocycles. The van der Waals surface area contributed by atoms with Crippen LogP contribution in [0.3, 0.4) is 0 Å². The molecule has 8 nitrogen and oxygen atoms in total. The fourth-order valence-corrected chi connectivity index (χ4v) is 3.70. The van der Waals surface area contributed by atoms with Crippen LogP contribution in [-0.2, 0) is 9.53 Å². The summed E-state index contributed by atoms with van der Waals surface area (Å²) in [4.78, 5) is 42.5. The van der Waals surface area contributed by atoms with Crippen molar-refractivity contribution in [3.63, 3.8) is 0 Å². The van der Waals surface area contributed by atoms with Crippen LogP contribution in [0, 0.1) is 0 Å². The van der Waals surface area contributed by atoms with Crippen molar-refractivity contribution in [2.45, 2.75) is 5.92 Å². The van der Waals surface area contributed by atoms with Crippen LogP contribution in [0.2, 0.25) is 0 Å². The number of primary amides is 1. The Bertz CT molecular complexity index is 1250. The second kappa shape index (κ2) is 8.96. The highest BCUT2D eigenvalue weighted by molar-refractivity contribution is 6.24. The Hall–Kier alpha value is -4.46. The van der Waals surface area contributed by atoms with E-state index in [1.54, 1.807) is 49.5 Å². The number of aliphatic imine (C=N–C) groups is 1. The molecule has 1 aliphatic rings. The van der Waals surface area contributed by atoms with E-state index in [-0.39, 0.29) is 5.91 Å². The van der Waals surface area contributed by atoms with Gasteiger partial charge in [-0.1, -0.05) is 36.4 Å². The van der Waals surface area contributed by atoms with Crippen molar-refractivity contribution < 1.29 is 19.1 Å². The quantitative estimate of drug-likeness (QED) is 0.461. The van der Waals surface area contributed by atoms with Gasteiger partial charge in [0.25, 0.3) is 0 Å². The normalized spacial score (nSPS) is 14.9. The molecule has 1 atom stereocenters. The van der Waals surface area contributed by atoms with E-state index >= 15 is 0 Å². The molecular formula is C25H22N4O4. The zero-order valence-corrected chi connectivity index (χ0v) is 18.1. The summed E-state index contributed by atoms with van der Waals surface area (Å²) < 4.78 is 4.78. The number of esters is 1. The maximum Gasteiger partial charge on any atom is 0.337 e. The average molecular weight is 442 g/mol. The van der Waals surface area contributed by atoms with Gasteiger partial charge in [-0.3, -0.25) is 14.7 Å². The molecule has 0 bridgehead atoms. The number of amides is 3. The molecule has 3 aromatic carbocycles. The number of benzene rings is 3. The zero-order valence-electron chi connectivity index (χ0n) is 18.1. The number of carbonyl (C=O) groups is 3. The summed E-state index contributed by atoms with van der Waals surface area (Å²) in [7, 11) is 2.89. The van der Waals surface area contributed by atoms with Gasteiger partial charge >= 0.3 is 12.0 Å². The van der Waals surface area contributed by atoms with Crippen molar-refractivity contribution in [1.82, 2.24) is 0 Å². The molecular weight excluding hydrogens is 420 g/mol. The molecule has 166 valence electrons. The lowest BCUT2D eigenvalue weighted by Crippen LogP contribution is -2.31. The summed E-state index contributed by atoms with van der Waals surface area (Å²) >= 11 is 0. The molecule has 8 heteroatoms. The lowest BCUT2D eigenvalue weighted by Gasteiger charge is -2.16. The van der Waals surface area contributed by atoms with Gasteiger partial charge in [0.2, 0.25) is 5.91 Å². The molecule has 3 amide bonds. The van der Waals surface area contributed by atoms with Crippen LogP contribution in [0.1, 0.15) is 27.4 Å². The van der Waals surface area contributed by atoms with Crippen molar-refractivity contribution in [2.24, 2.45) is 10.7 Å². The Kier molecular flexibility index (Phi) is 5.91. The van der Waals surface area contributed by atoms with Crippen LogP contribution < -0.4 is 16.0 Å². The number of methoxy groups -OCH3 is 1. The molecule has 33 heavy (non-hydrogen) atoms. The van der Waals surface area contributed by atoms with Gasteiger partial charge in [0.1, 0.15) is 5.92 Å². The largest absolute Gasteiger partial charge is 0.465 e. The van der Waals surface area contributed by atoms with E-state index in [2.05, 4.69) is 5.32 Å².